The monoisotopic (exact) mass is 387 g/mol. The van der Waals surface area contributed by atoms with E-state index in [-0.39, 0.29) is 17.3 Å². The van der Waals surface area contributed by atoms with Crippen molar-refractivity contribution in [3.8, 4) is 5.75 Å². The van der Waals surface area contributed by atoms with E-state index < -0.39 is 23.7 Å². The molecule has 0 aliphatic carbocycles. The summed E-state index contributed by atoms with van der Waals surface area (Å²) in [4.78, 5) is 35.4. The van der Waals surface area contributed by atoms with Crippen LogP contribution >= 0.6 is 11.8 Å². The van der Waals surface area contributed by atoms with Gasteiger partial charge in [-0.15, -0.1) is 0 Å². The van der Waals surface area contributed by atoms with Crippen molar-refractivity contribution in [1.82, 2.24) is 4.90 Å². The summed E-state index contributed by atoms with van der Waals surface area (Å²) < 4.78 is 18.7. The fourth-order valence-corrected chi connectivity index (χ4v) is 3.21. The Morgan fingerprint density at radius 1 is 1.19 bits per heavy atom. The molecule has 0 saturated carbocycles. The topological polar surface area (TPSA) is 83.9 Å². The molecule has 0 spiro atoms. The van der Waals surface area contributed by atoms with Gasteiger partial charge < -0.3 is 9.84 Å². The van der Waals surface area contributed by atoms with Crippen molar-refractivity contribution in [2.45, 2.75) is 6.61 Å². The normalized spacial score (nSPS) is 15.4. The number of benzene rings is 2. The summed E-state index contributed by atoms with van der Waals surface area (Å²) in [6.45, 7) is -0.444. The molecule has 0 radical (unpaired) electrons. The molecule has 1 saturated heterocycles. The minimum absolute atomic E-state index is 0.162. The molecule has 3 rings (SSSR count). The molecule has 6 nitrogen and oxygen atoms in total. The Kier molecular flexibility index (Phi) is 5.56. The molecule has 1 heterocycles. The maximum Gasteiger partial charge on any atom is 0.323 e. The van der Waals surface area contributed by atoms with Gasteiger partial charge in [0.25, 0.3) is 11.1 Å². The Morgan fingerprint density at radius 3 is 2.59 bits per heavy atom. The standard InChI is InChI=1S/C19H14FNO5S/c20-14-3-1-2-13(8-14)11-26-15-6-4-12(5-7-15)9-16-18(24)21(10-17(22)23)19(25)27-16/h1-9H,10-11H2,(H,22,23)/b16-9+. The molecule has 1 aliphatic rings. The van der Waals surface area contributed by atoms with Crippen molar-refractivity contribution in [2.75, 3.05) is 6.54 Å². The van der Waals surface area contributed by atoms with E-state index in [1.807, 2.05) is 0 Å². The van der Waals surface area contributed by atoms with Gasteiger partial charge in [-0.3, -0.25) is 19.3 Å². The average Bonchev–Trinajstić information content (AvgIpc) is 2.88. The van der Waals surface area contributed by atoms with Crippen LogP contribution in [0.5, 0.6) is 5.75 Å². The molecule has 2 amide bonds. The van der Waals surface area contributed by atoms with Gasteiger partial charge in [0.15, 0.2) is 0 Å². The van der Waals surface area contributed by atoms with Gasteiger partial charge in [-0.05, 0) is 53.2 Å². The molecule has 1 N–H and O–H groups in total. The van der Waals surface area contributed by atoms with Crippen molar-refractivity contribution in [1.29, 1.82) is 0 Å². The summed E-state index contributed by atoms with van der Waals surface area (Å²) in [7, 11) is 0. The molecule has 0 aromatic heterocycles. The first-order valence-corrected chi connectivity index (χ1v) is 8.68. The average molecular weight is 387 g/mol. The van der Waals surface area contributed by atoms with Gasteiger partial charge in [-0.1, -0.05) is 24.3 Å². The Bertz CT molecular complexity index is 926. The van der Waals surface area contributed by atoms with Crippen molar-refractivity contribution < 1.29 is 28.6 Å². The molecule has 1 aliphatic heterocycles. The van der Waals surface area contributed by atoms with Crippen molar-refractivity contribution in [2.24, 2.45) is 0 Å². The van der Waals surface area contributed by atoms with Crippen LogP contribution < -0.4 is 4.74 Å². The molecular weight excluding hydrogens is 373 g/mol. The number of amides is 2. The molecule has 2 aromatic carbocycles. The molecule has 138 valence electrons. The second kappa shape index (κ2) is 8.05. The quantitative estimate of drug-likeness (QED) is 0.764. The van der Waals surface area contributed by atoms with Crippen LogP contribution in [0.15, 0.2) is 53.4 Å². The van der Waals surface area contributed by atoms with Crippen LogP contribution in [0.25, 0.3) is 6.08 Å². The number of carbonyl (C=O) groups excluding carboxylic acids is 2. The lowest BCUT2D eigenvalue weighted by molar-refractivity contribution is -0.140. The maximum absolute atomic E-state index is 13.1. The van der Waals surface area contributed by atoms with Crippen LogP contribution in [-0.4, -0.2) is 33.7 Å². The second-order valence-electron chi connectivity index (χ2n) is 5.65. The summed E-state index contributed by atoms with van der Waals surface area (Å²) in [6.07, 6.45) is 1.52. The Balaban J connectivity index is 1.65. The summed E-state index contributed by atoms with van der Waals surface area (Å²) in [6, 6.07) is 12.9. The third-order valence-electron chi connectivity index (χ3n) is 3.64. The van der Waals surface area contributed by atoms with Gasteiger partial charge in [0.05, 0.1) is 4.91 Å². The van der Waals surface area contributed by atoms with Gasteiger partial charge in [-0.25, -0.2) is 4.39 Å². The summed E-state index contributed by atoms with van der Waals surface area (Å²) >= 11 is 0.700. The van der Waals surface area contributed by atoms with E-state index in [0.29, 0.717) is 33.5 Å². The highest BCUT2D eigenvalue weighted by molar-refractivity contribution is 8.18. The number of carboxylic acid groups (broad SMARTS) is 1. The fourth-order valence-electron chi connectivity index (χ4n) is 2.38. The molecular formula is C19H14FNO5S. The minimum atomic E-state index is -1.25. The van der Waals surface area contributed by atoms with Crippen LogP contribution in [0.2, 0.25) is 0 Å². The van der Waals surface area contributed by atoms with Gasteiger partial charge in [0.1, 0.15) is 24.7 Å². The number of carboxylic acids is 1. The third kappa shape index (κ3) is 4.73. The number of hydrogen-bond donors (Lipinski definition) is 1. The number of nitrogens with zero attached hydrogens (tertiary/aromatic N) is 1. The predicted octanol–water partition coefficient (Wildman–Crippen LogP) is 3.53. The zero-order valence-electron chi connectivity index (χ0n) is 13.9. The number of thioether (sulfide) groups is 1. The Morgan fingerprint density at radius 2 is 1.93 bits per heavy atom. The molecule has 0 bridgehead atoms. The Labute approximate surface area is 158 Å². The highest BCUT2D eigenvalue weighted by atomic mass is 32.2. The van der Waals surface area contributed by atoms with Gasteiger partial charge in [-0.2, -0.15) is 0 Å². The first-order valence-electron chi connectivity index (χ1n) is 7.87. The number of carbonyl (C=O) groups is 3. The lowest BCUT2D eigenvalue weighted by atomic mass is 10.2. The second-order valence-corrected chi connectivity index (χ2v) is 6.64. The summed E-state index contributed by atoms with van der Waals surface area (Å²) in [5, 5.41) is 8.15. The lowest BCUT2D eigenvalue weighted by Gasteiger charge is -2.08. The predicted molar refractivity (Wildman–Crippen MR) is 97.5 cm³/mol. The number of aliphatic carboxylic acids is 1. The number of imide groups is 1. The van der Waals surface area contributed by atoms with Crippen LogP contribution in [0.3, 0.4) is 0 Å². The molecule has 0 atom stereocenters. The molecule has 0 unspecified atom stereocenters. The fraction of sp³-hybridized carbons (Fsp3) is 0.105. The highest BCUT2D eigenvalue weighted by Crippen LogP contribution is 2.32. The van der Waals surface area contributed by atoms with Crippen molar-refractivity contribution >= 4 is 35.0 Å². The van der Waals surface area contributed by atoms with Crippen LogP contribution in [-0.2, 0) is 16.2 Å². The SMILES string of the molecule is O=C(O)CN1C(=O)S/C(=C/c2ccc(OCc3cccc(F)c3)cc2)C1=O. The van der Waals surface area contributed by atoms with E-state index in [1.165, 1.54) is 18.2 Å². The zero-order valence-corrected chi connectivity index (χ0v) is 14.7. The van der Waals surface area contributed by atoms with E-state index in [9.17, 15) is 18.8 Å². The summed E-state index contributed by atoms with van der Waals surface area (Å²) in [5.41, 5.74) is 1.36. The van der Waals surface area contributed by atoms with Crippen molar-refractivity contribution in [3.63, 3.8) is 0 Å². The maximum atomic E-state index is 13.1. The van der Waals surface area contributed by atoms with Gasteiger partial charge in [0.2, 0.25) is 0 Å². The summed E-state index contributed by atoms with van der Waals surface area (Å²) in [5.74, 6) is -1.64. The lowest BCUT2D eigenvalue weighted by Crippen LogP contribution is -2.33. The number of ether oxygens (including phenoxy) is 1. The highest BCUT2D eigenvalue weighted by Gasteiger charge is 2.36. The number of rotatable bonds is 6. The van der Waals surface area contributed by atoms with E-state index in [0.717, 1.165) is 0 Å². The molecule has 2 aromatic rings. The smallest absolute Gasteiger partial charge is 0.323 e. The van der Waals surface area contributed by atoms with E-state index >= 15 is 0 Å². The van der Waals surface area contributed by atoms with E-state index in [2.05, 4.69) is 0 Å². The zero-order chi connectivity index (χ0) is 19.4. The first kappa shape index (κ1) is 18.7. The number of halogens is 1. The van der Waals surface area contributed by atoms with Crippen LogP contribution in [0.4, 0.5) is 9.18 Å². The van der Waals surface area contributed by atoms with Crippen molar-refractivity contribution in [3.05, 3.63) is 70.4 Å². The molecule has 8 heteroatoms. The van der Waals surface area contributed by atoms with Crippen LogP contribution in [0.1, 0.15) is 11.1 Å². The first-order chi connectivity index (χ1) is 12.9. The Hall–Kier alpha value is -3.13. The van der Waals surface area contributed by atoms with Gasteiger partial charge >= 0.3 is 5.97 Å². The van der Waals surface area contributed by atoms with E-state index in [1.54, 1.807) is 36.4 Å². The minimum Gasteiger partial charge on any atom is -0.489 e. The third-order valence-corrected chi connectivity index (χ3v) is 4.55. The molecule has 1 fully saturated rings. The largest absolute Gasteiger partial charge is 0.489 e. The van der Waals surface area contributed by atoms with Gasteiger partial charge in [0, 0.05) is 0 Å². The van der Waals surface area contributed by atoms with E-state index in [4.69, 9.17) is 9.84 Å². The van der Waals surface area contributed by atoms with Crippen LogP contribution in [0, 0.1) is 5.82 Å². The number of hydrogen-bond acceptors (Lipinski definition) is 5. The molecule has 27 heavy (non-hydrogen) atoms.